The maximum Gasteiger partial charge on any atom is 0.317 e. The third-order valence-corrected chi connectivity index (χ3v) is 4.02. The first-order valence-electron chi connectivity index (χ1n) is 7.59. The van der Waals surface area contributed by atoms with E-state index in [4.69, 9.17) is 0 Å². The monoisotopic (exact) mass is 270 g/mol. The van der Waals surface area contributed by atoms with E-state index in [1.165, 1.54) is 0 Å². The Morgan fingerprint density at radius 2 is 2.00 bits per heavy atom. The predicted octanol–water partition coefficient (Wildman–Crippen LogP) is 2.61. The van der Waals surface area contributed by atoms with Crippen molar-refractivity contribution in [2.75, 3.05) is 13.6 Å². The zero-order valence-corrected chi connectivity index (χ0v) is 12.9. The van der Waals surface area contributed by atoms with Crippen molar-refractivity contribution in [1.82, 2.24) is 10.2 Å². The lowest BCUT2D eigenvalue weighted by Gasteiger charge is -2.25. The lowest BCUT2D eigenvalue weighted by atomic mass is 10.0. The number of rotatable bonds is 6. The minimum absolute atomic E-state index is 0.0182. The molecule has 0 spiro atoms. The summed E-state index contributed by atoms with van der Waals surface area (Å²) in [5, 5.41) is 12.8. The molecule has 3 atom stereocenters. The number of hydrogen-bond donors (Lipinski definition) is 2. The standard InChI is InChI=1S/C15H30N2O2/c1-11(2)8-9-12(3)16-15(19)17(4)10-13-6-5-7-14(13)18/h11-14,18H,5-10H2,1-4H3,(H,16,19). The van der Waals surface area contributed by atoms with Crippen molar-refractivity contribution in [2.45, 2.75) is 65.0 Å². The third kappa shape index (κ3) is 5.81. The van der Waals surface area contributed by atoms with Crippen LogP contribution in [0.25, 0.3) is 0 Å². The van der Waals surface area contributed by atoms with Crippen LogP contribution in [0.15, 0.2) is 0 Å². The zero-order valence-electron chi connectivity index (χ0n) is 12.9. The van der Waals surface area contributed by atoms with Crippen molar-refractivity contribution < 1.29 is 9.90 Å². The third-order valence-electron chi connectivity index (χ3n) is 4.02. The molecule has 2 N–H and O–H groups in total. The van der Waals surface area contributed by atoms with Crippen LogP contribution in [0.4, 0.5) is 4.79 Å². The van der Waals surface area contributed by atoms with Crippen LogP contribution < -0.4 is 5.32 Å². The Hall–Kier alpha value is -0.770. The van der Waals surface area contributed by atoms with E-state index in [-0.39, 0.29) is 24.1 Å². The molecule has 1 saturated carbocycles. The molecule has 2 amide bonds. The summed E-state index contributed by atoms with van der Waals surface area (Å²) < 4.78 is 0. The molecule has 19 heavy (non-hydrogen) atoms. The van der Waals surface area contributed by atoms with Crippen molar-refractivity contribution >= 4 is 6.03 Å². The second-order valence-corrected chi connectivity index (χ2v) is 6.46. The van der Waals surface area contributed by atoms with Gasteiger partial charge in [0.2, 0.25) is 0 Å². The second kappa shape index (κ2) is 7.73. The van der Waals surface area contributed by atoms with Gasteiger partial charge in [0.25, 0.3) is 0 Å². The number of carbonyl (C=O) groups is 1. The van der Waals surface area contributed by atoms with Crippen LogP contribution in [0.3, 0.4) is 0 Å². The Kier molecular flexibility index (Phi) is 6.63. The SMILES string of the molecule is CC(C)CCC(C)NC(=O)N(C)CC1CCCC1O. The Balaban J connectivity index is 2.27. The predicted molar refractivity (Wildman–Crippen MR) is 78.0 cm³/mol. The molecule has 0 aromatic heterocycles. The van der Waals surface area contributed by atoms with Gasteiger partial charge in [0.1, 0.15) is 0 Å². The summed E-state index contributed by atoms with van der Waals surface area (Å²) in [6.45, 7) is 7.10. The van der Waals surface area contributed by atoms with Crippen LogP contribution in [0.1, 0.15) is 52.9 Å². The van der Waals surface area contributed by atoms with Crippen LogP contribution in [0.5, 0.6) is 0 Å². The summed E-state index contributed by atoms with van der Waals surface area (Å²) in [5.74, 6) is 0.924. The fourth-order valence-corrected chi connectivity index (χ4v) is 2.64. The Bertz CT molecular complexity index is 281. The smallest absolute Gasteiger partial charge is 0.317 e. The molecular weight excluding hydrogens is 240 g/mol. The Morgan fingerprint density at radius 1 is 1.32 bits per heavy atom. The van der Waals surface area contributed by atoms with E-state index in [1.807, 2.05) is 7.05 Å². The molecular formula is C15H30N2O2. The first-order chi connectivity index (χ1) is 8.90. The molecule has 1 aliphatic carbocycles. The van der Waals surface area contributed by atoms with Gasteiger partial charge in [-0.05, 0) is 38.5 Å². The molecule has 0 aromatic rings. The lowest BCUT2D eigenvalue weighted by molar-refractivity contribution is 0.113. The van der Waals surface area contributed by atoms with Gasteiger partial charge in [-0.2, -0.15) is 0 Å². The number of amides is 2. The molecule has 0 aromatic carbocycles. The maximum absolute atomic E-state index is 12.0. The summed E-state index contributed by atoms with van der Waals surface area (Å²) in [6.07, 6.45) is 4.91. The summed E-state index contributed by atoms with van der Waals surface area (Å²) in [6, 6.07) is 0.196. The van der Waals surface area contributed by atoms with E-state index in [2.05, 4.69) is 26.1 Å². The largest absolute Gasteiger partial charge is 0.393 e. The average Bonchev–Trinajstić information content (AvgIpc) is 2.72. The van der Waals surface area contributed by atoms with Crippen molar-refractivity contribution in [2.24, 2.45) is 11.8 Å². The number of nitrogens with zero attached hydrogens (tertiary/aromatic N) is 1. The summed E-state index contributed by atoms with van der Waals surface area (Å²) >= 11 is 0. The fourth-order valence-electron chi connectivity index (χ4n) is 2.64. The molecule has 1 rings (SSSR count). The van der Waals surface area contributed by atoms with Crippen LogP contribution in [0.2, 0.25) is 0 Å². The van der Waals surface area contributed by atoms with Crippen LogP contribution in [-0.2, 0) is 0 Å². The fraction of sp³-hybridized carbons (Fsp3) is 0.933. The van der Waals surface area contributed by atoms with Gasteiger partial charge < -0.3 is 15.3 Å². The van der Waals surface area contributed by atoms with Crippen LogP contribution in [-0.4, -0.2) is 41.8 Å². The number of hydrogen-bond acceptors (Lipinski definition) is 2. The minimum atomic E-state index is -0.228. The van der Waals surface area contributed by atoms with Crippen LogP contribution >= 0.6 is 0 Å². The van der Waals surface area contributed by atoms with Gasteiger partial charge in [0.15, 0.2) is 0 Å². The van der Waals surface area contributed by atoms with Gasteiger partial charge in [0, 0.05) is 25.6 Å². The molecule has 1 aliphatic rings. The molecule has 0 bridgehead atoms. The molecule has 1 fully saturated rings. The van der Waals surface area contributed by atoms with Crippen molar-refractivity contribution in [1.29, 1.82) is 0 Å². The summed E-state index contributed by atoms with van der Waals surface area (Å²) in [5.41, 5.74) is 0. The van der Waals surface area contributed by atoms with Gasteiger partial charge in [-0.25, -0.2) is 4.79 Å². The maximum atomic E-state index is 12.0. The van der Waals surface area contributed by atoms with Gasteiger partial charge in [-0.3, -0.25) is 0 Å². The highest BCUT2D eigenvalue weighted by molar-refractivity contribution is 5.74. The first-order valence-corrected chi connectivity index (χ1v) is 7.59. The Morgan fingerprint density at radius 3 is 2.53 bits per heavy atom. The highest BCUT2D eigenvalue weighted by atomic mass is 16.3. The van der Waals surface area contributed by atoms with Crippen molar-refractivity contribution in [3.63, 3.8) is 0 Å². The molecule has 0 heterocycles. The van der Waals surface area contributed by atoms with E-state index < -0.39 is 0 Å². The molecule has 4 nitrogen and oxygen atoms in total. The molecule has 0 radical (unpaired) electrons. The first kappa shape index (κ1) is 16.3. The number of carbonyl (C=O) groups excluding carboxylic acids is 1. The topological polar surface area (TPSA) is 52.6 Å². The number of aliphatic hydroxyl groups excluding tert-OH is 1. The molecule has 0 aliphatic heterocycles. The van der Waals surface area contributed by atoms with Gasteiger partial charge in [-0.15, -0.1) is 0 Å². The van der Waals surface area contributed by atoms with Crippen LogP contribution in [0, 0.1) is 11.8 Å². The van der Waals surface area contributed by atoms with E-state index in [0.717, 1.165) is 32.1 Å². The second-order valence-electron chi connectivity index (χ2n) is 6.46. The van der Waals surface area contributed by atoms with Crippen molar-refractivity contribution in [3.8, 4) is 0 Å². The quantitative estimate of drug-likeness (QED) is 0.779. The van der Waals surface area contributed by atoms with E-state index in [1.54, 1.807) is 4.90 Å². The molecule has 112 valence electrons. The van der Waals surface area contributed by atoms with E-state index >= 15 is 0 Å². The molecule has 4 heteroatoms. The van der Waals surface area contributed by atoms with E-state index in [0.29, 0.717) is 12.5 Å². The average molecular weight is 270 g/mol. The molecule has 0 saturated heterocycles. The summed E-state index contributed by atoms with van der Waals surface area (Å²) in [7, 11) is 1.82. The number of aliphatic hydroxyl groups is 1. The van der Waals surface area contributed by atoms with E-state index in [9.17, 15) is 9.90 Å². The number of urea groups is 1. The number of nitrogens with one attached hydrogen (secondary N) is 1. The lowest BCUT2D eigenvalue weighted by Crippen LogP contribution is -2.44. The Labute approximate surface area is 117 Å². The highest BCUT2D eigenvalue weighted by Crippen LogP contribution is 2.25. The van der Waals surface area contributed by atoms with Gasteiger partial charge in [-0.1, -0.05) is 20.3 Å². The summed E-state index contributed by atoms with van der Waals surface area (Å²) in [4.78, 5) is 13.7. The van der Waals surface area contributed by atoms with Crippen molar-refractivity contribution in [3.05, 3.63) is 0 Å². The van der Waals surface area contributed by atoms with Gasteiger partial charge >= 0.3 is 6.03 Å². The van der Waals surface area contributed by atoms with Gasteiger partial charge in [0.05, 0.1) is 6.10 Å². The minimum Gasteiger partial charge on any atom is -0.393 e. The highest BCUT2D eigenvalue weighted by Gasteiger charge is 2.27. The molecule has 3 unspecified atom stereocenters. The normalized spacial score (nSPS) is 24.5. The zero-order chi connectivity index (χ0) is 14.4.